The summed E-state index contributed by atoms with van der Waals surface area (Å²) in [5.74, 6) is -0.420. The van der Waals surface area contributed by atoms with Gasteiger partial charge in [-0.3, -0.25) is 9.78 Å². The van der Waals surface area contributed by atoms with E-state index in [-0.39, 0.29) is 5.91 Å². The Morgan fingerprint density at radius 2 is 2.17 bits per heavy atom. The fourth-order valence-corrected chi connectivity index (χ4v) is 2.96. The van der Waals surface area contributed by atoms with Crippen LogP contribution in [0.2, 0.25) is 0 Å². The van der Waals surface area contributed by atoms with Crippen LogP contribution >= 0.6 is 0 Å². The van der Waals surface area contributed by atoms with Crippen LogP contribution in [0.25, 0.3) is 0 Å². The Hall–Kier alpha value is -1.91. The van der Waals surface area contributed by atoms with E-state index in [2.05, 4.69) is 15.0 Å². The van der Waals surface area contributed by atoms with Crippen molar-refractivity contribution in [1.29, 1.82) is 0 Å². The number of hydrogen-bond acceptors (Lipinski definition) is 4. The Morgan fingerprint density at radius 3 is 2.83 bits per heavy atom. The standard InChI is InChI=1S/C13H14N2O3/c1-18-11(16)8-6-9-10(14-7-8)13(12(17)15-9)4-2-3-5-13/h6-7H,2-5H2,1H3,(H,15,17). The third-order valence-corrected chi connectivity index (χ3v) is 3.90. The van der Waals surface area contributed by atoms with Crippen molar-refractivity contribution in [3.63, 3.8) is 0 Å². The molecular weight excluding hydrogens is 232 g/mol. The van der Waals surface area contributed by atoms with Crippen LogP contribution in [0.15, 0.2) is 12.3 Å². The molecule has 5 nitrogen and oxygen atoms in total. The van der Waals surface area contributed by atoms with Crippen LogP contribution in [-0.2, 0) is 14.9 Å². The lowest BCUT2D eigenvalue weighted by Crippen LogP contribution is -2.31. The van der Waals surface area contributed by atoms with E-state index < -0.39 is 11.4 Å². The van der Waals surface area contributed by atoms with Gasteiger partial charge in [-0.05, 0) is 18.9 Å². The number of nitrogens with zero attached hydrogens (tertiary/aromatic N) is 1. The second-order valence-corrected chi connectivity index (χ2v) is 4.86. The summed E-state index contributed by atoms with van der Waals surface area (Å²) in [4.78, 5) is 27.9. The number of methoxy groups -OCH3 is 1. The second kappa shape index (κ2) is 3.80. The fraction of sp³-hybridized carbons (Fsp3) is 0.462. The number of rotatable bonds is 1. The summed E-state index contributed by atoms with van der Waals surface area (Å²) < 4.78 is 4.65. The number of ether oxygens (including phenoxy) is 1. The highest BCUT2D eigenvalue weighted by molar-refractivity contribution is 6.06. The first-order valence-electron chi connectivity index (χ1n) is 6.08. The molecule has 0 aromatic carbocycles. The average molecular weight is 246 g/mol. The van der Waals surface area contributed by atoms with E-state index in [0.717, 1.165) is 31.4 Å². The van der Waals surface area contributed by atoms with Crippen LogP contribution in [0, 0.1) is 0 Å². The van der Waals surface area contributed by atoms with Crippen molar-refractivity contribution in [3.8, 4) is 0 Å². The summed E-state index contributed by atoms with van der Waals surface area (Å²) in [6.45, 7) is 0. The molecule has 1 aromatic heterocycles. The van der Waals surface area contributed by atoms with Gasteiger partial charge in [0.15, 0.2) is 0 Å². The van der Waals surface area contributed by atoms with Crippen LogP contribution in [0.4, 0.5) is 5.69 Å². The molecular formula is C13H14N2O3. The SMILES string of the molecule is COC(=O)c1cnc2c(c1)NC(=O)C21CCCC1. The highest BCUT2D eigenvalue weighted by Gasteiger charge is 2.49. The van der Waals surface area contributed by atoms with E-state index in [1.54, 1.807) is 6.07 Å². The van der Waals surface area contributed by atoms with Crippen molar-refractivity contribution in [2.24, 2.45) is 0 Å². The topological polar surface area (TPSA) is 68.3 Å². The van der Waals surface area contributed by atoms with Crippen molar-refractivity contribution in [2.45, 2.75) is 31.1 Å². The van der Waals surface area contributed by atoms with Gasteiger partial charge in [0.2, 0.25) is 5.91 Å². The number of anilines is 1. The molecule has 5 heteroatoms. The van der Waals surface area contributed by atoms with Crippen molar-refractivity contribution >= 4 is 17.6 Å². The molecule has 1 aromatic rings. The maximum absolute atomic E-state index is 12.1. The molecule has 3 rings (SSSR count). The van der Waals surface area contributed by atoms with Gasteiger partial charge in [-0.25, -0.2) is 4.79 Å². The van der Waals surface area contributed by atoms with Crippen molar-refractivity contribution in [1.82, 2.24) is 4.98 Å². The lowest BCUT2D eigenvalue weighted by atomic mass is 9.83. The Labute approximate surface area is 105 Å². The van der Waals surface area contributed by atoms with Crippen LogP contribution in [0.3, 0.4) is 0 Å². The molecule has 2 heterocycles. The summed E-state index contributed by atoms with van der Waals surface area (Å²) in [5.41, 5.74) is 1.36. The molecule has 0 radical (unpaired) electrons. The molecule has 1 spiro atoms. The molecule has 1 aliphatic heterocycles. The lowest BCUT2D eigenvalue weighted by Gasteiger charge is -2.18. The first kappa shape index (κ1) is 11.2. The molecule has 1 saturated carbocycles. The van der Waals surface area contributed by atoms with Gasteiger partial charge in [0, 0.05) is 6.20 Å². The first-order chi connectivity index (χ1) is 8.67. The predicted molar refractivity (Wildman–Crippen MR) is 64.4 cm³/mol. The maximum atomic E-state index is 12.1. The minimum Gasteiger partial charge on any atom is -0.465 e. The molecule has 0 unspecified atom stereocenters. The van der Waals surface area contributed by atoms with E-state index in [4.69, 9.17) is 0 Å². The summed E-state index contributed by atoms with van der Waals surface area (Å²) in [6, 6.07) is 1.65. The molecule has 94 valence electrons. The zero-order chi connectivity index (χ0) is 12.8. The molecule has 18 heavy (non-hydrogen) atoms. The number of pyridine rings is 1. The predicted octanol–water partition coefficient (Wildman–Crippen LogP) is 1.63. The Bertz CT molecular complexity index is 533. The van der Waals surface area contributed by atoms with Crippen LogP contribution in [-0.4, -0.2) is 24.0 Å². The monoisotopic (exact) mass is 246 g/mol. The smallest absolute Gasteiger partial charge is 0.339 e. The third-order valence-electron chi connectivity index (χ3n) is 3.90. The Balaban J connectivity index is 2.06. The van der Waals surface area contributed by atoms with Crippen molar-refractivity contribution in [3.05, 3.63) is 23.5 Å². The molecule has 1 amide bonds. The molecule has 2 aliphatic rings. The van der Waals surface area contributed by atoms with Crippen molar-refractivity contribution < 1.29 is 14.3 Å². The molecule has 1 fully saturated rings. The molecule has 0 bridgehead atoms. The fourth-order valence-electron chi connectivity index (χ4n) is 2.96. The lowest BCUT2D eigenvalue weighted by molar-refractivity contribution is -0.120. The largest absolute Gasteiger partial charge is 0.465 e. The maximum Gasteiger partial charge on any atom is 0.339 e. The number of hydrogen-bond donors (Lipinski definition) is 1. The minimum atomic E-state index is -0.454. The highest BCUT2D eigenvalue weighted by Crippen LogP contribution is 2.47. The van der Waals surface area contributed by atoms with Gasteiger partial charge in [0.25, 0.3) is 0 Å². The van der Waals surface area contributed by atoms with E-state index in [0.29, 0.717) is 11.3 Å². The molecule has 0 saturated heterocycles. The second-order valence-electron chi connectivity index (χ2n) is 4.86. The van der Waals surface area contributed by atoms with E-state index in [9.17, 15) is 9.59 Å². The van der Waals surface area contributed by atoms with Gasteiger partial charge < -0.3 is 10.1 Å². The van der Waals surface area contributed by atoms with Crippen LogP contribution in [0.5, 0.6) is 0 Å². The van der Waals surface area contributed by atoms with Crippen LogP contribution in [0.1, 0.15) is 41.7 Å². The zero-order valence-corrected chi connectivity index (χ0v) is 10.2. The summed E-state index contributed by atoms with van der Waals surface area (Å²) >= 11 is 0. The molecule has 0 atom stereocenters. The number of fused-ring (bicyclic) bond motifs is 2. The quantitative estimate of drug-likeness (QED) is 0.765. The van der Waals surface area contributed by atoms with Gasteiger partial charge in [-0.2, -0.15) is 0 Å². The van der Waals surface area contributed by atoms with E-state index in [1.807, 2.05) is 0 Å². The number of carbonyl (C=O) groups excluding carboxylic acids is 2. The number of aromatic nitrogens is 1. The van der Waals surface area contributed by atoms with E-state index in [1.165, 1.54) is 13.3 Å². The summed E-state index contributed by atoms with van der Waals surface area (Å²) in [5, 5.41) is 2.84. The normalized spacial score (nSPS) is 19.7. The minimum absolute atomic E-state index is 0.0181. The van der Waals surface area contributed by atoms with Gasteiger partial charge in [0.1, 0.15) is 0 Å². The van der Waals surface area contributed by atoms with Gasteiger partial charge in [0.05, 0.1) is 29.5 Å². The van der Waals surface area contributed by atoms with Gasteiger partial charge in [-0.15, -0.1) is 0 Å². The highest BCUT2D eigenvalue weighted by atomic mass is 16.5. The third kappa shape index (κ3) is 1.36. The summed E-state index contributed by atoms with van der Waals surface area (Å²) in [6.07, 6.45) is 5.28. The van der Waals surface area contributed by atoms with Gasteiger partial charge >= 0.3 is 5.97 Å². The van der Waals surface area contributed by atoms with Gasteiger partial charge in [-0.1, -0.05) is 12.8 Å². The Kier molecular flexibility index (Phi) is 2.36. The average Bonchev–Trinajstić information content (AvgIpc) is 2.97. The Morgan fingerprint density at radius 1 is 1.44 bits per heavy atom. The zero-order valence-electron chi connectivity index (χ0n) is 10.2. The van der Waals surface area contributed by atoms with Crippen molar-refractivity contribution in [2.75, 3.05) is 12.4 Å². The number of nitrogens with one attached hydrogen (secondary N) is 1. The van der Waals surface area contributed by atoms with E-state index >= 15 is 0 Å². The first-order valence-corrected chi connectivity index (χ1v) is 6.08. The molecule has 1 aliphatic carbocycles. The number of amides is 1. The summed E-state index contributed by atoms with van der Waals surface area (Å²) in [7, 11) is 1.33. The molecule has 1 N–H and O–H groups in total. The number of carbonyl (C=O) groups is 2. The van der Waals surface area contributed by atoms with Crippen LogP contribution < -0.4 is 5.32 Å². The number of esters is 1.